The zero-order valence-corrected chi connectivity index (χ0v) is 13.3. The van der Waals surface area contributed by atoms with Gasteiger partial charge in [-0.3, -0.25) is 9.78 Å². The Morgan fingerprint density at radius 3 is 2.85 bits per heavy atom. The van der Waals surface area contributed by atoms with Crippen LogP contribution < -0.4 is 5.73 Å². The maximum Gasteiger partial charge on any atom is 0.233 e. The first-order chi connectivity index (χ1) is 9.18. The number of thioether (sulfide) groups is 1. The molecule has 0 bridgehead atoms. The summed E-state index contributed by atoms with van der Waals surface area (Å²) in [6, 6.07) is 4.11. The van der Waals surface area contributed by atoms with Crippen LogP contribution in [0.3, 0.4) is 0 Å². The zero-order chi connectivity index (χ0) is 13.7. The minimum Gasteiger partial charge on any atom is -0.337 e. The first kappa shape index (κ1) is 17.3. The van der Waals surface area contributed by atoms with Crippen LogP contribution in [-0.4, -0.2) is 40.2 Å². The lowest BCUT2D eigenvalue weighted by Crippen LogP contribution is -2.52. The second-order valence-corrected chi connectivity index (χ2v) is 6.03. The van der Waals surface area contributed by atoms with E-state index in [0.29, 0.717) is 5.75 Å². The molecule has 2 unspecified atom stereocenters. The molecule has 4 nitrogen and oxygen atoms in total. The number of likely N-dealkylation sites (tertiary alicyclic amines) is 1. The quantitative estimate of drug-likeness (QED) is 0.866. The van der Waals surface area contributed by atoms with E-state index >= 15 is 0 Å². The number of aromatic nitrogens is 1. The number of hydrogen-bond acceptors (Lipinski definition) is 4. The summed E-state index contributed by atoms with van der Waals surface area (Å²) in [6.07, 6.45) is 6.79. The molecule has 0 aliphatic carbocycles. The van der Waals surface area contributed by atoms with E-state index in [0.717, 1.165) is 24.3 Å². The molecule has 1 aromatic rings. The van der Waals surface area contributed by atoms with E-state index in [2.05, 4.69) is 4.98 Å². The molecular formula is C14H22ClN3OS. The van der Waals surface area contributed by atoms with E-state index in [1.165, 1.54) is 6.42 Å². The summed E-state index contributed by atoms with van der Waals surface area (Å²) in [4.78, 5) is 19.3. The molecule has 0 aromatic carbocycles. The molecule has 112 valence electrons. The maximum atomic E-state index is 12.3. The Kier molecular flexibility index (Phi) is 7.34. The average molecular weight is 316 g/mol. The minimum absolute atomic E-state index is 0. The average Bonchev–Trinajstić information content (AvgIpc) is 2.46. The molecule has 0 saturated carbocycles. The first-order valence-corrected chi connectivity index (χ1v) is 7.75. The molecule has 0 spiro atoms. The van der Waals surface area contributed by atoms with Crippen molar-refractivity contribution in [1.82, 2.24) is 9.88 Å². The zero-order valence-electron chi connectivity index (χ0n) is 11.7. The predicted octanol–water partition coefficient (Wildman–Crippen LogP) is 2.32. The van der Waals surface area contributed by atoms with Gasteiger partial charge in [-0.1, -0.05) is 0 Å². The van der Waals surface area contributed by atoms with E-state index in [9.17, 15) is 4.79 Å². The summed E-state index contributed by atoms with van der Waals surface area (Å²) in [7, 11) is 0. The number of rotatable bonds is 4. The molecule has 2 heterocycles. The Morgan fingerprint density at radius 2 is 2.20 bits per heavy atom. The lowest BCUT2D eigenvalue weighted by Gasteiger charge is -2.38. The second-order valence-electron chi connectivity index (χ2n) is 4.98. The molecule has 1 amide bonds. The van der Waals surface area contributed by atoms with Crippen LogP contribution in [0.25, 0.3) is 0 Å². The van der Waals surface area contributed by atoms with Crippen LogP contribution in [0.15, 0.2) is 29.4 Å². The molecule has 0 radical (unpaired) electrons. The van der Waals surface area contributed by atoms with Gasteiger partial charge >= 0.3 is 0 Å². The fourth-order valence-electron chi connectivity index (χ4n) is 2.48. The number of carbonyl (C=O) groups excluding carboxylic acids is 1. The second kappa shape index (κ2) is 8.49. The topological polar surface area (TPSA) is 59.2 Å². The molecule has 1 fully saturated rings. The first-order valence-electron chi connectivity index (χ1n) is 6.76. The number of amides is 1. The summed E-state index contributed by atoms with van der Waals surface area (Å²) >= 11 is 1.56. The largest absolute Gasteiger partial charge is 0.337 e. The van der Waals surface area contributed by atoms with Crippen LogP contribution in [0.5, 0.6) is 0 Å². The molecule has 1 aliphatic heterocycles. The highest BCUT2D eigenvalue weighted by molar-refractivity contribution is 8.00. The van der Waals surface area contributed by atoms with Gasteiger partial charge in [0, 0.05) is 35.9 Å². The number of pyridine rings is 1. The van der Waals surface area contributed by atoms with Crippen molar-refractivity contribution in [2.24, 2.45) is 5.73 Å². The van der Waals surface area contributed by atoms with Crippen molar-refractivity contribution >= 4 is 30.1 Å². The van der Waals surface area contributed by atoms with Gasteiger partial charge in [0.05, 0.1) is 5.75 Å². The van der Waals surface area contributed by atoms with Gasteiger partial charge in [0.1, 0.15) is 0 Å². The fourth-order valence-corrected chi connectivity index (χ4v) is 3.25. The smallest absolute Gasteiger partial charge is 0.233 e. The van der Waals surface area contributed by atoms with Crippen LogP contribution in [0.4, 0.5) is 0 Å². The Labute approximate surface area is 130 Å². The number of carbonyl (C=O) groups is 1. The summed E-state index contributed by atoms with van der Waals surface area (Å²) in [6.45, 7) is 2.84. The van der Waals surface area contributed by atoms with Crippen molar-refractivity contribution in [2.75, 3.05) is 12.3 Å². The normalized spacial score (nSPS) is 20.1. The molecule has 2 atom stereocenters. The van der Waals surface area contributed by atoms with Gasteiger partial charge in [0.25, 0.3) is 0 Å². The van der Waals surface area contributed by atoms with Crippen LogP contribution >= 0.6 is 24.2 Å². The summed E-state index contributed by atoms with van der Waals surface area (Å²) in [5.41, 5.74) is 5.99. The summed E-state index contributed by atoms with van der Waals surface area (Å²) in [5, 5.41) is 0. The number of halogens is 1. The molecule has 1 saturated heterocycles. The highest BCUT2D eigenvalue weighted by Gasteiger charge is 2.28. The van der Waals surface area contributed by atoms with E-state index in [4.69, 9.17) is 5.73 Å². The minimum atomic E-state index is 0. The van der Waals surface area contributed by atoms with Gasteiger partial charge in [-0.2, -0.15) is 0 Å². The Bertz CT molecular complexity index is 416. The number of piperidine rings is 1. The highest BCUT2D eigenvalue weighted by atomic mass is 35.5. The summed E-state index contributed by atoms with van der Waals surface area (Å²) < 4.78 is 0. The van der Waals surface area contributed by atoms with E-state index in [1.54, 1.807) is 24.2 Å². The van der Waals surface area contributed by atoms with Crippen LogP contribution in [-0.2, 0) is 4.79 Å². The lowest BCUT2D eigenvalue weighted by atomic mass is 9.97. The van der Waals surface area contributed by atoms with Crippen LogP contribution in [0.2, 0.25) is 0 Å². The third-order valence-corrected chi connectivity index (χ3v) is 4.49. The van der Waals surface area contributed by atoms with Crippen molar-refractivity contribution in [3.8, 4) is 0 Å². The number of nitrogens with two attached hydrogens (primary N) is 1. The van der Waals surface area contributed by atoms with Gasteiger partial charge in [-0.15, -0.1) is 24.2 Å². The molecule has 1 aromatic heterocycles. The molecular weight excluding hydrogens is 294 g/mol. The molecule has 6 heteroatoms. The van der Waals surface area contributed by atoms with Crippen LogP contribution in [0, 0.1) is 0 Å². The predicted molar refractivity (Wildman–Crippen MR) is 85.2 cm³/mol. The highest BCUT2D eigenvalue weighted by Crippen LogP contribution is 2.22. The van der Waals surface area contributed by atoms with Crippen molar-refractivity contribution in [2.45, 2.75) is 43.2 Å². The maximum absolute atomic E-state index is 12.3. The van der Waals surface area contributed by atoms with Crippen molar-refractivity contribution in [1.29, 1.82) is 0 Å². The molecule has 2 rings (SSSR count). The Hall–Kier alpha value is -0.780. The number of hydrogen-bond donors (Lipinski definition) is 1. The third kappa shape index (κ3) is 4.65. The standard InChI is InChI=1S/C14H21N3OS.ClH/c1-11(15)13-4-2-3-9-17(13)14(18)10-19-12-5-7-16-8-6-12;/h5-8,11,13H,2-4,9-10,15H2,1H3;1H. The Morgan fingerprint density at radius 1 is 1.50 bits per heavy atom. The van der Waals surface area contributed by atoms with Crippen molar-refractivity contribution in [3.05, 3.63) is 24.5 Å². The van der Waals surface area contributed by atoms with Crippen molar-refractivity contribution < 1.29 is 4.79 Å². The number of nitrogens with zero attached hydrogens (tertiary/aromatic N) is 2. The van der Waals surface area contributed by atoms with Crippen molar-refractivity contribution in [3.63, 3.8) is 0 Å². The molecule has 2 N–H and O–H groups in total. The van der Waals surface area contributed by atoms with Gasteiger partial charge in [-0.25, -0.2) is 0 Å². The van der Waals surface area contributed by atoms with Gasteiger partial charge in [0.15, 0.2) is 0 Å². The third-order valence-electron chi connectivity index (χ3n) is 3.49. The van der Waals surface area contributed by atoms with Crippen LogP contribution in [0.1, 0.15) is 26.2 Å². The fraction of sp³-hybridized carbons (Fsp3) is 0.571. The molecule has 20 heavy (non-hydrogen) atoms. The SMILES string of the molecule is CC(N)C1CCCCN1C(=O)CSc1ccncc1.Cl. The van der Waals surface area contributed by atoms with E-state index in [1.807, 2.05) is 24.0 Å². The van der Waals surface area contributed by atoms with E-state index < -0.39 is 0 Å². The van der Waals surface area contributed by atoms with Gasteiger partial charge < -0.3 is 10.6 Å². The van der Waals surface area contributed by atoms with E-state index in [-0.39, 0.29) is 30.4 Å². The summed E-state index contributed by atoms with van der Waals surface area (Å²) in [5.74, 6) is 0.677. The lowest BCUT2D eigenvalue weighted by molar-refractivity contribution is -0.132. The monoisotopic (exact) mass is 315 g/mol. The van der Waals surface area contributed by atoms with Gasteiger partial charge in [0.2, 0.25) is 5.91 Å². The Balaban J connectivity index is 0.00000200. The molecule has 1 aliphatic rings. The van der Waals surface area contributed by atoms with Gasteiger partial charge in [-0.05, 0) is 38.3 Å².